The number of hydrogen-bond acceptors (Lipinski definition) is 7. The maximum atomic E-state index is 11.9. The van der Waals surface area contributed by atoms with Crippen molar-refractivity contribution in [3.05, 3.63) is 64.6 Å². The zero-order valence-corrected chi connectivity index (χ0v) is 16.2. The summed E-state index contributed by atoms with van der Waals surface area (Å²) in [4.78, 5) is 22.3. The molecule has 6 N–H and O–H groups in total. The third kappa shape index (κ3) is 8.00. The van der Waals surface area contributed by atoms with Crippen LogP contribution in [0.1, 0.15) is 29.8 Å². The van der Waals surface area contributed by atoms with Gasteiger partial charge in [-0.15, -0.1) is 10.2 Å². The highest BCUT2D eigenvalue weighted by molar-refractivity contribution is 7.15. The van der Waals surface area contributed by atoms with E-state index in [2.05, 4.69) is 20.8 Å². The summed E-state index contributed by atoms with van der Waals surface area (Å²) in [7, 11) is 0. The number of rotatable bonds is 11. The third-order valence-electron chi connectivity index (χ3n) is 3.72. The van der Waals surface area contributed by atoms with Crippen molar-refractivity contribution in [3.63, 3.8) is 0 Å². The molecule has 2 rings (SSSR count). The maximum Gasteiger partial charge on any atom is 0.229 e. The molecule has 9 heteroatoms. The number of benzene rings is 1. The Labute approximate surface area is 167 Å². The molecule has 0 saturated heterocycles. The van der Waals surface area contributed by atoms with Gasteiger partial charge < -0.3 is 22.1 Å². The number of nitrogens with two attached hydrogens (primary N) is 2. The second-order valence-electron chi connectivity index (χ2n) is 6.04. The fourth-order valence-corrected chi connectivity index (χ4v) is 3.12. The van der Waals surface area contributed by atoms with Gasteiger partial charge in [-0.2, -0.15) is 0 Å². The first-order valence-electron chi connectivity index (χ1n) is 8.85. The molecular weight excluding hydrogens is 376 g/mol. The molecule has 1 aromatic heterocycles. The number of hydrogen-bond donors (Lipinski definition) is 4. The predicted octanol–water partition coefficient (Wildman–Crippen LogP) is 1.82. The molecule has 2 aromatic rings. The summed E-state index contributed by atoms with van der Waals surface area (Å²) in [5.41, 5.74) is 13.4. The highest BCUT2D eigenvalue weighted by Gasteiger charge is 2.04. The van der Waals surface area contributed by atoms with Gasteiger partial charge in [-0.1, -0.05) is 41.7 Å². The maximum absolute atomic E-state index is 11.9. The summed E-state index contributed by atoms with van der Waals surface area (Å²) < 4.78 is 0. The van der Waals surface area contributed by atoms with Crippen LogP contribution in [0.2, 0.25) is 0 Å². The first kappa shape index (κ1) is 21.1. The standard InChI is InChI=1S/C19H24N6O2S/c20-15(8-4-5-9-18-24-25-19(28-18)22-13-26)10-11-16(21)23-17(27)12-14-6-2-1-3-7-14/h1-3,6-7,10-11,13H,4-5,8-9,12,20-21H2,(H,23,27)(H,22,25,26)/b15-10-,16-11+. The van der Waals surface area contributed by atoms with E-state index in [0.717, 1.165) is 29.8 Å². The summed E-state index contributed by atoms with van der Waals surface area (Å²) in [5.74, 6) is 0.0837. The quantitative estimate of drug-likeness (QED) is 0.258. The average Bonchev–Trinajstić information content (AvgIpc) is 3.12. The molecule has 0 bridgehead atoms. The van der Waals surface area contributed by atoms with Crippen molar-refractivity contribution in [1.29, 1.82) is 0 Å². The molecule has 28 heavy (non-hydrogen) atoms. The smallest absolute Gasteiger partial charge is 0.229 e. The Bertz CT molecular complexity index is 832. The van der Waals surface area contributed by atoms with E-state index in [9.17, 15) is 9.59 Å². The van der Waals surface area contributed by atoms with Crippen LogP contribution in [0.3, 0.4) is 0 Å². The second-order valence-corrected chi connectivity index (χ2v) is 7.11. The lowest BCUT2D eigenvalue weighted by atomic mass is 10.1. The Kier molecular flexibility index (Phi) is 8.67. The van der Waals surface area contributed by atoms with Gasteiger partial charge in [-0.25, -0.2) is 0 Å². The molecule has 0 aliphatic carbocycles. The number of aromatic nitrogens is 2. The summed E-state index contributed by atoms with van der Waals surface area (Å²) in [6.07, 6.45) is 7.42. The number of amides is 2. The molecular formula is C19H24N6O2S. The van der Waals surface area contributed by atoms with Crippen molar-refractivity contribution < 1.29 is 9.59 Å². The van der Waals surface area contributed by atoms with Gasteiger partial charge in [0.25, 0.3) is 0 Å². The summed E-state index contributed by atoms with van der Waals surface area (Å²) in [6.45, 7) is 0. The normalized spacial score (nSPS) is 11.9. The van der Waals surface area contributed by atoms with Crippen molar-refractivity contribution >= 4 is 28.8 Å². The molecule has 0 unspecified atom stereocenters. The van der Waals surface area contributed by atoms with Gasteiger partial charge in [0.2, 0.25) is 17.4 Å². The van der Waals surface area contributed by atoms with E-state index in [4.69, 9.17) is 11.5 Å². The molecule has 0 aliphatic heterocycles. The van der Waals surface area contributed by atoms with Crippen LogP contribution < -0.4 is 22.1 Å². The first-order chi connectivity index (χ1) is 13.6. The number of unbranched alkanes of at least 4 members (excludes halogenated alkanes) is 1. The van der Waals surface area contributed by atoms with Crippen LogP contribution in [-0.2, 0) is 22.4 Å². The van der Waals surface area contributed by atoms with Crippen LogP contribution >= 0.6 is 11.3 Å². The Morgan fingerprint density at radius 3 is 2.64 bits per heavy atom. The van der Waals surface area contributed by atoms with Crippen LogP contribution in [0.5, 0.6) is 0 Å². The number of nitrogens with one attached hydrogen (secondary N) is 2. The lowest BCUT2D eigenvalue weighted by Gasteiger charge is -2.05. The zero-order valence-electron chi connectivity index (χ0n) is 15.4. The largest absolute Gasteiger partial charge is 0.402 e. The molecule has 0 radical (unpaired) electrons. The van der Waals surface area contributed by atoms with E-state index in [-0.39, 0.29) is 18.1 Å². The number of aryl methyl sites for hydroxylation is 1. The van der Waals surface area contributed by atoms with Crippen molar-refractivity contribution in [3.8, 4) is 0 Å². The molecule has 148 valence electrons. The molecule has 8 nitrogen and oxygen atoms in total. The van der Waals surface area contributed by atoms with Crippen molar-refractivity contribution in [2.75, 3.05) is 5.32 Å². The van der Waals surface area contributed by atoms with Crippen LogP contribution in [-0.4, -0.2) is 22.5 Å². The van der Waals surface area contributed by atoms with Crippen LogP contribution in [0, 0.1) is 0 Å². The molecule has 0 spiro atoms. The topological polar surface area (TPSA) is 136 Å². The molecule has 2 amide bonds. The summed E-state index contributed by atoms with van der Waals surface area (Å²) in [5, 5.41) is 14.3. The Balaban J connectivity index is 1.68. The summed E-state index contributed by atoms with van der Waals surface area (Å²) in [6, 6.07) is 9.45. The predicted molar refractivity (Wildman–Crippen MR) is 110 cm³/mol. The third-order valence-corrected chi connectivity index (χ3v) is 4.64. The van der Waals surface area contributed by atoms with Gasteiger partial charge in [0.1, 0.15) is 10.8 Å². The van der Waals surface area contributed by atoms with Gasteiger partial charge >= 0.3 is 0 Å². The number of carbonyl (C=O) groups is 2. The van der Waals surface area contributed by atoms with E-state index in [0.29, 0.717) is 23.7 Å². The second kappa shape index (κ2) is 11.5. The van der Waals surface area contributed by atoms with E-state index >= 15 is 0 Å². The van der Waals surface area contributed by atoms with Gasteiger partial charge in [0, 0.05) is 12.1 Å². The Morgan fingerprint density at radius 1 is 1.11 bits per heavy atom. The molecule has 0 atom stereocenters. The van der Waals surface area contributed by atoms with Crippen molar-refractivity contribution in [2.45, 2.75) is 32.1 Å². The van der Waals surface area contributed by atoms with Crippen LogP contribution in [0.25, 0.3) is 0 Å². The fraction of sp³-hybridized carbons (Fsp3) is 0.263. The van der Waals surface area contributed by atoms with E-state index < -0.39 is 0 Å². The molecule has 1 aromatic carbocycles. The van der Waals surface area contributed by atoms with Crippen molar-refractivity contribution in [1.82, 2.24) is 15.5 Å². The number of allylic oxidation sites excluding steroid dienone is 3. The van der Waals surface area contributed by atoms with Crippen molar-refractivity contribution in [2.24, 2.45) is 11.5 Å². The lowest BCUT2D eigenvalue weighted by molar-refractivity contribution is -0.119. The number of nitrogens with zero attached hydrogens (tertiary/aromatic N) is 2. The summed E-state index contributed by atoms with van der Waals surface area (Å²) >= 11 is 1.36. The zero-order chi connectivity index (χ0) is 20.2. The lowest BCUT2D eigenvalue weighted by Crippen LogP contribution is -2.28. The van der Waals surface area contributed by atoms with Gasteiger partial charge in [0.15, 0.2) is 0 Å². The average molecular weight is 401 g/mol. The minimum Gasteiger partial charge on any atom is -0.402 e. The molecule has 0 fully saturated rings. The highest BCUT2D eigenvalue weighted by Crippen LogP contribution is 2.17. The molecule has 0 saturated carbocycles. The fourth-order valence-electron chi connectivity index (χ4n) is 2.38. The SMILES string of the molecule is N/C(=C\C=C(/N)NC(=O)Cc1ccccc1)CCCCc1nnc(NC=O)s1. The van der Waals surface area contributed by atoms with Gasteiger partial charge in [-0.3, -0.25) is 9.59 Å². The monoisotopic (exact) mass is 400 g/mol. The van der Waals surface area contributed by atoms with Crippen LogP contribution in [0.15, 0.2) is 54.0 Å². The minimum atomic E-state index is -0.174. The molecule has 0 aliphatic rings. The number of carbonyl (C=O) groups excluding carboxylic acids is 2. The van der Waals surface area contributed by atoms with Crippen LogP contribution in [0.4, 0.5) is 5.13 Å². The number of anilines is 1. The minimum absolute atomic E-state index is 0.174. The van der Waals surface area contributed by atoms with Gasteiger partial charge in [-0.05, 0) is 37.0 Å². The Hall–Kier alpha value is -3.20. The van der Waals surface area contributed by atoms with E-state index in [1.165, 1.54) is 11.3 Å². The highest BCUT2D eigenvalue weighted by atomic mass is 32.1. The first-order valence-corrected chi connectivity index (χ1v) is 9.66. The van der Waals surface area contributed by atoms with Gasteiger partial charge in [0.05, 0.1) is 6.42 Å². The van der Waals surface area contributed by atoms with E-state index in [1.807, 2.05) is 30.3 Å². The Morgan fingerprint density at radius 2 is 1.89 bits per heavy atom. The molecule has 1 heterocycles. The van der Waals surface area contributed by atoms with E-state index in [1.54, 1.807) is 12.2 Å².